The number of aliphatic hydroxyl groups is 1. The van der Waals surface area contributed by atoms with Crippen LogP contribution in [0.1, 0.15) is 44.6 Å². The molecule has 180 valence electrons. The lowest BCUT2D eigenvalue weighted by Crippen LogP contribution is -2.21. The predicted octanol–water partition coefficient (Wildman–Crippen LogP) is 4.77. The van der Waals surface area contributed by atoms with Crippen molar-refractivity contribution in [1.82, 2.24) is 5.32 Å². The van der Waals surface area contributed by atoms with Gasteiger partial charge in [0.2, 0.25) is 5.91 Å². The van der Waals surface area contributed by atoms with Crippen molar-refractivity contribution in [2.45, 2.75) is 51.3 Å². The second kappa shape index (κ2) is 13.0. The van der Waals surface area contributed by atoms with E-state index in [0.717, 1.165) is 30.5 Å². The Morgan fingerprint density at radius 2 is 2.12 bits per heavy atom. The predicted molar refractivity (Wildman–Crippen MR) is 120 cm³/mol. The highest BCUT2D eigenvalue weighted by Gasteiger charge is 2.30. The van der Waals surface area contributed by atoms with E-state index in [0.29, 0.717) is 25.8 Å². The van der Waals surface area contributed by atoms with Crippen molar-refractivity contribution in [3.63, 3.8) is 0 Å². The molecule has 0 aliphatic heterocycles. The number of hydrogen-bond acceptors (Lipinski definition) is 4. The van der Waals surface area contributed by atoms with Crippen molar-refractivity contribution in [2.75, 3.05) is 13.2 Å². The van der Waals surface area contributed by atoms with Crippen molar-refractivity contribution < 1.29 is 32.6 Å². The first kappa shape index (κ1) is 26.4. The summed E-state index contributed by atoms with van der Waals surface area (Å²) in [5.74, 6) is -0.153. The van der Waals surface area contributed by atoms with Crippen molar-refractivity contribution >= 4 is 11.7 Å². The van der Waals surface area contributed by atoms with Gasteiger partial charge in [-0.1, -0.05) is 36.4 Å². The molecule has 0 radical (unpaired) electrons. The third-order valence-corrected chi connectivity index (χ3v) is 5.11. The molecule has 0 saturated heterocycles. The Morgan fingerprint density at radius 1 is 1.33 bits per heavy atom. The number of aliphatic hydroxyl groups excluding tert-OH is 1. The zero-order valence-electron chi connectivity index (χ0n) is 18.6. The molecule has 1 aliphatic rings. The Balaban J connectivity index is 1.80. The minimum Gasteiger partial charge on any atom is -0.491 e. The lowest BCUT2D eigenvalue weighted by Gasteiger charge is -2.12. The van der Waals surface area contributed by atoms with Crippen LogP contribution in [0.5, 0.6) is 5.75 Å². The Kier molecular flexibility index (Phi) is 10.4. The molecule has 0 fully saturated rings. The topological polar surface area (TPSA) is 75.6 Å². The van der Waals surface area contributed by atoms with Crippen LogP contribution in [0, 0.1) is 5.92 Å². The molecular formula is C25H30F3NO4. The molecule has 33 heavy (non-hydrogen) atoms. The van der Waals surface area contributed by atoms with E-state index in [1.807, 2.05) is 25.2 Å². The summed E-state index contributed by atoms with van der Waals surface area (Å²) in [7, 11) is 0. The van der Waals surface area contributed by atoms with Gasteiger partial charge in [-0.25, -0.2) is 0 Å². The van der Waals surface area contributed by atoms with Gasteiger partial charge in [-0.2, -0.15) is 13.2 Å². The van der Waals surface area contributed by atoms with Gasteiger partial charge in [0.15, 0.2) is 0 Å². The minimum absolute atomic E-state index is 0.0164. The number of benzene rings is 1. The summed E-state index contributed by atoms with van der Waals surface area (Å²) in [4.78, 5) is 23.6. The number of amides is 1. The number of hydrogen-bond donors (Lipinski definition) is 2. The summed E-state index contributed by atoms with van der Waals surface area (Å²) < 4.78 is 43.6. The van der Waals surface area contributed by atoms with Crippen molar-refractivity contribution in [3.8, 4) is 5.75 Å². The third kappa shape index (κ3) is 9.26. The van der Waals surface area contributed by atoms with Gasteiger partial charge in [0, 0.05) is 25.3 Å². The highest BCUT2D eigenvalue weighted by Crippen LogP contribution is 2.31. The van der Waals surface area contributed by atoms with Gasteiger partial charge in [0.25, 0.3) is 0 Å². The number of ether oxygens (including phenoxy) is 1. The largest absolute Gasteiger partial charge is 0.491 e. The van der Waals surface area contributed by atoms with Gasteiger partial charge in [-0.15, -0.1) is 0 Å². The van der Waals surface area contributed by atoms with Gasteiger partial charge in [0.1, 0.15) is 24.2 Å². The Hall–Kier alpha value is -2.87. The second-order valence-electron chi connectivity index (χ2n) is 7.74. The number of halogens is 3. The number of ketones is 1. The average molecular weight is 466 g/mol. The standard InChI is InChI=1S/C25H30F3NO4/c1-2-29-24(32)11-6-4-3-5-10-22-18(13-15-23(22)31)12-14-20(30)17-33-21-9-7-8-19(16-21)25(26,27)28/h3,5,7-9,12-14,16,20,22,30H,2,4,6,10-11,15,17H2,1H3,(H,29,32)/t20-,22-/m1/s1. The average Bonchev–Trinajstić information content (AvgIpc) is 3.12. The van der Waals surface area contributed by atoms with Gasteiger partial charge in [-0.3, -0.25) is 9.59 Å². The Labute approximate surface area is 192 Å². The van der Waals surface area contributed by atoms with E-state index in [4.69, 9.17) is 4.74 Å². The molecule has 0 heterocycles. The van der Waals surface area contributed by atoms with Crippen molar-refractivity contribution in [1.29, 1.82) is 0 Å². The molecule has 2 N–H and O–H groups in total. The monoisotopic (exact) mass is 465 g/mol. The SMILES string of the molecule is CCNC(=O)CCCC=CC[C@H]1C(=O)CC=C1C=C[C@@H](O)COc1cccc(C(F)(F)F)c1. The van der Waals surface area contributed by atoms with Crippen LogP contribution in [-0.2, 0) is 15.8 Å². The lowest BCUT2D eigenvalue weighted by atomic mass is 9.95. The number of allylic oxidation sites excluding steroid dienone is 5. The van der Waals surface area contributed by atoms with E-state index in [1.165, 1.54) is 18.2 Å². The van der Waals surface area contributed by atoms with Gasteiger partial charge >= 0.3 is 6.18 Å². The van der Waals surface area contributed by atoms with Crippen molar-refractivity contribution in [3.05, 3.63) is 65.8 Å². The number of alkyl halides is 3. The van der Waals surface area contributed by atoms with Crippen molar-refractivity contribution in [2.24, 2.45) is 5.92 Å². The maximum atomic E-state index is 12.8. The van der Waals surface area contributed by atoms with Gasteiger partial charge < -0.3 is 15.2 Å². The molecule has 0 bridgehead atoms. The zero-order valence-corrected chi connectivity index (χ0v) is 18.6. The summed E-state index contributed by atoms with van der Waals surface area (Å²) >= 11 is 0. The number of unbranched alkanes of at least 4 members (excludes halogenated alkanes) is 1. The van der Waals surface area contributed by atoms with Crippen LogP contribution in [-0.4, -0.2) is 36.1 Å². The summed E-state index contributed by atoms with van der Waals surface area (Å²) in [6, 6.07) is 4.47. The summed E-state index contributed by atoms with van der Waals surface area (Å²) in [5.41, 5.74) is -0.0233. The number of rotatable bonds is 12. The van der Waals surface area contributed by atoms with E-state index in [9.17, 15) is 27.9 Å². The third-order valence-electron chi connectivity index (χ3n) is 5.11. The first-order valence-corrected chi connectivity index (χ1v) is 11.0. The van der Waals surface area contributed by atoms with E-state index < -0.39 is 17.8 Å². The van der Waals surface area contributed by atoms with E-state index in [-0.39, 0.29) is 30.0 Å². The molecule has 2 rings (SSSR count). The molecule has 1 aliphatic carbocycles. The summed E-state index contributed by atoms with van der Waals surface area (Å²) in [6.07, 6.45) is 6.15. The Morgan fingerprint density at radius 3 is 2.85 bits per heavy atom. The summed E-state index contributed by atoms with van der Waals surface area (Å²) in [5, 5.41) is 12.9. The van der Waals surface area contributed by atoms with Crippen LogP contribution in [0.25, 0.3) is 0 Å². The van der Waals surface area contributed by atoms with E-state index in [1.54, 1.807) is 6.08 Å². The second-order valence-corrected chi connectivity index (χ2v) is 7.74. The fourth-order valence-corrected chi connectivity index (χ4v) is 3.38. The molecule has 0 unspecified atom stereocenters. The molecule has 1 aromatic rings. The molecule has 1 aromatic carbocycles. The summed E-state index contributed by atoms with van der Waals surface area (Å²) in [6.45, 7) is 2.28. The fraction of sp³-hybridized carbons (Fsp3) is 0.440. The van der Waals surface area contributed by atoms with Crippen LogP contribution < -0.4 is 10.1 Å². The molecule has 0 aromatic heterocycles. The van der Waals surface area contributed by atoms with Crippen LogP contribution in [0.15, 0.2) is 60.2 Å². The van der Waals surface area contributed by atoms with Crippen LogP contribution in [0.4, 0.5) is 13.2 Å². The van der Waals surface area contributed by atoms with Crippen LogP contribution in [0.3, 0.4) is 0 Å². The highest BCUT2D eigenvalue weighted by molar-refractivity contribution is 5.89. The first-order valence-electron chi connectivity index (χ1n) is 11.0. The molecule has 0 saturated carbocycles. The molecule has 5 nitrogen and oxygen atoms in total. The minimum atomic E-state index is -4.47. The molecule has 2 atom stereocenters. The zero-order chi connectivity index (χ0) is 24.3. The van der Waals surface area contributed by atoms with Crippen LogP contribution >= 0.6 is 0 Å². The molecule has 1 amide bonds. The van der Waals surface area contributed by atoms with Crippen LogP contribution in [0.2, 0.25) is 0 Å². The smallest absolute Gasteiger partial charge is 0.416 e. The normalized spacial score (nSPS) is 17.5. The number of carbonyl (C=O) groups excluding carboxylic acids is 2. The lowest BCUT2D eigenvalue weighted by molar-refractivity contribution is -0.137. The quantitative estimate of drug-likeness (QED) is 0.345. The molecule has 0 spiro atoms. The maximum absolute atomic E-state index is 12.8. The highest BCUT2D eigenvalue weighted by atomic mass is 19.4. The van der Waals surface area contributed by atoms with E-state index in [2.05, 4.69) is 5.32 Å². The first-order chi connectivity index (χ1) is 15.7. The number of Topliss-reactive ketones (excluding diaryl/α,β-unsaturated/α-hetero) is 1. The maximum Gasteiger partial charge on any atom is 0.416 e. The van der Waals surface area contributed by atoms with E-state index >= 15 is 0 Å². The number of carbonyl (C=O) groups is 2. The van der Waals surface area contributed by atoms with Gasteiger partial charge in [0.05, 0.1) is 5.56 Å². The van der Waals surface area contributed by atoms with Gasteiger partial charge in [-0.05, 0) is 50.0 Å². The fourth-order valence-electron chi connectivity index (χ4n) is 3.38. The molecular weight excluding hydrogens is 435 g/mol. The number of nitrogens with one attached hydrogen (secondary N) is 1. The Bertz CT molecular complexity index is 890. The molecule has 8 heteroatoms.